The number of alkyl halides is 3. The number of fused-ring (bicyclic) bond motifs is 3. The van der Waals surface area contributed by atoms with Gasteiger partial charge in [0, 0.05) is 15.8 Å². The Hall–Kier alpha value is -2.28. The number of aromatic nitrogens is 1. The number of halogens is 4. The lowest BCUT2D eigenvalue weighted by Crippen LogP contribution is -2.18. The topological polar surface area (TPSA) is 63.1 Å². The van der Waals surface area contributed by atoms with Gasteiger partial charge >= 0.3 is 11.8 Å². The highest BCUT2D eigenvalue weighted by molar-refractivity contribution is 6.31. The SMILES string of the molecule is O=c1[nH]c2cc(Cl)ccc2c2cc(C(F)(F)F)oc(=O)c12. The second-order valence-electron chi connectivity index (χ2n) is 4.33. The molecule has 0 saturated carbocycles. The van der Waals surface area contributed by atoms with Crippen LogP contribution < -0.4 is 11.2 Å². The number of aromatic amines is 1. The number of pyridine rings is 1. The zero-order valence-corrected chi connectivity index (χ0v) is 10.8. The van der Waals surface area contributed by atoms with Crippen LogP contribution in [0.2, 0.25) is 5.02 Å². The molecule has 0 aliphatic heterocycles. The molecule has 0 atom stereocenters. The lowest BCUT2D eigenvalue weighted by molar-refractivity contribution is -0.154. The van der Waals surface area contributed by atoms with Crippen molar-refractivity contribution in [2.45, 2.75) is 6.18 Å². The Labute approximate surface area is 118 Å². The van der Waals surface area contributed by atoms with E-state index in [2.05, 4.69) is 9.40 Å². The van der Waals surface area contributed by atoms with Crippen molar-refractivity contribution in [3.05, 3.63) is 55.8 Å². The first kappa shape index (κ1) is 13.7. The van der Waals surface area contributed by atoms with Gasteiger partial charge in [0.25, 0.3) is 5.56 Å². The molecule has 0 aliphatic rings. The molecule has 0 aliphatic carbocycles. The Morgan fingerprint density at radius 1 is 1.10 bits per heavy atom. The lowest BCUT2D eigenvalue weighted by Gasteiger charge is -2.07. The molecule has 0 radical (unpaired) electrons. The second-order valence-corrected chi connectivity index (χ2v) is 4.77. The molecule has 108 valence electrons. The summed E-state index contributed by atoms with van der Waals surface area (Å²) in [6.07, 6.45) is -4.82. The van der Waals surface area contributed by atoms with Crippen LogP contribution in [0.3, 0.4) is 0 Å². The van der Waals surface area contributed by atoms with Crippen molar-refractivity contribution in [1.29, 1.82) is 0 Å². The third kappa shape index (κ3) is 2.19. The number of benzene rings is 1. The van der Waals surface area contributed by atoms with Crippen molar-refractivity contribution in [3.8, 4) is 0 Å². The van der Waals surface area contributed by atoms with E-state index >= 15 is 0 Å². The van der Waals surface area contributed by atoms with Crippen LogP contribution in [-0.4, -0.2) is 4.98 Å². The molecule has 0 amide bonds. The number of hydrogen-bond donors (Lipinski definition) is 1. The van der Waals surface area contributed by atoms with E-state index in [0.29, 0.717) is 11.1 Å². The average Bonchev–Trinajstić information content (AvgIpc) is 2.36. The van der Waals surface area contributed by atoms with Gasteiger partial charge in [-0.3, -0.25) is 4.79 Å². The van der Waals surface area contributed by atoms with Gasteiger partial charge in [0.1, 0.15) is 5.39 Å². The van der Waals surface area contributed by atoms with Crippen LogP contribution in [0.25, 0.3) is 21.7 Å². The fraction of sp³-hybridized carbons (Fsp3) is 0.0769. The zero-order chi connectivity index (χ0) is 15.4. The van der Waals surface area contributed by atoms with Crippen LogP contribution in [0, 0.1) is 0 Å². The summed E-state index contributed by atoms with van der Waals surface area (Å²) in [6.45, 7) is 0. The van der Waals surface area contributed by atoms with Crippen LogP contribution in [0.1, 0.15) is 5.76 Å². The Morgan fingerprint density at radius 2 is 1.81 bits per heavy atom. The van der Waals surface area contributed by atoms with Gasteiger partial charge in [-0.15, -0.1) is 0 Å². The van der Waals surface area contributed by atoms with Crippen LogP contribution in [-0.2, 0) is 6.18 Å². The van der Waals surface area contributed by atoms with Crippen molar-refractivity contribution in [2.75, 3.05) is 0 Å². The summed E-state index contributed by atoms with van der Waals surface area (Å²) in [5.74, 6) is -1.46. The fourth-order valence-electron chi connectivity index (χ4n) is 2.10. The van der Waals surface area contributed by atoms with Crippen molar-refractivity contribution in [3.63, 3.8) is 0 Å². The van der Waals surface area contributed by atoms with Gasteiger partial charge in [-0.05, 0) is 18.2 Å². The third-order valence-corrected chi connectivity index (χ3v) is 3.21. The third-order valence-electron chi connectivity index (χ3n) is 2.98. The minimum Gasteiger partial charge on any atom is -0.418 e. The predicted octanol–water partition coefficient (Wildman–Crippen LogP) is 3.31. The molecule has 0 unspecified atom stereocenters. The molecule has 8 heteroatoms. The normalized spacial score (nSPS) is 12.2. The summed E-state index contributed by atoms with van der Waals surface area (Å²) >= 11 is 5.78. The molecule has 0 fully saturated rings. The minimum absolute atomic E-state index is 0.131. The van der Waals surface area contributed by atoms with Crippen LogP contribution >= 0.6 is 11.6 Å². The highest BCUT2D eigenvalue weighted by Gasteiger charge is 2.35. The van der Waals surface area contributed by atoms with E-state index in [1.807, 2.05) is 0 Å². The molecule has 0 spiro atoms. The van der Waals surface area contributed by atoms with Gasteiger partial charge in [-0.25, -0.2) is 4.79 Å². The van der Waals surface area contributed by atoms with Gasteiger partial charge in [-0.2, -0.15) is 13.2 Å². The Balaban J connectivity index is 2.58. The number of rotatable bonds is 0. The largest absolute Gasteiger partial charge is 0.449 e. The van der Waals surface area contributed by atoms with E-state index in [1.165, 1.54) is 18.2 Å². The van der Waals surface area contributed by atoms with Gasteiger partial charge in [0.2, 0.25) is 5.76 Å². The van der Waals surface area contributed by atoms with E-state index in [1.54, 1.807) is 0 Å². The molecule has 4 nitrogen and oxygen atoms in total. The first-order valence-corrected chi connectivity index (χ1v) is 6.02. The molecular formula is C13H5ClF3NO3. The molecule has 0 saturated heterocycles. The van der Waals surface area contributed by atoms with Crippen LogP contribution in [0.4, 0.5) is 13.2 Å². The highest BCUT2D eigenvalue weighted by atomic mass is 35.5. The van der Waals surface area contributed by atoms with Crippen LogP contribution in [0.5, 0.6) is 0 Å². The number of H-pyrrole nitrogens is 1. The molecule has 2 heterocycles. The zero-order valence-electron chi connectivity index (χ0n) is 10.0. The highest BCUT2D eigenvalue weighted by Crippen LogP contribution is 2.31. The lowest BCUT2D eigenvalue weighted by atomic mass is 10.1. The first-order valence-electron chi connectivity index (χ1n) is 5.64. The van der Waals surface area contributed by atoms with Gasteiger partial charge in [0.15, 0.2) is 0 Å². The van der Waals surface area contributed by atoms with E-state index in [4.69, 9.17) is 11.6 Å². The molecule has 21 heavy (non-hydrogen) atoms. The van der Waals surface area contributed by atoms with Gasteiger partial charge < -0.3 is 9.40 Å². The van der Waals surface area contributed by atoms with Gasteiger partial charge in [0.05, 0.1) is 5.52 Å². The summed E-state index contributed by atoms with van der Waals surface area (Å²) in [5.41, 5.74) is -1.93. The van der Waals surface area contributed by atoms with Crippen LogP contribution in [0.15, 0.2) is 38.3 Å². The van der Waals surface area contributed by atoms with E-state index in [-0.39, 0.29) is 16.3 Å². The Bertz CT molecular complexity index is 988. The minimum atomic E-state index is -4.82. The molecular weight excluding hydrogens is 311 g/mol. The van der Waals surface area contributed by atoms with Crippen molar-refractivity contribution >= 4 is 33.3 Å². The summed E-state index contributed by atoms with van der Waals surface area (Å²) in [7, 11) is 0. The molecule has 2 aromatic heterocycles. The maximum absolute atomic E-state index is 12.7. The number of nitrogens with one attached hydrogen (secondary N) is 1. The Morgan fingerprint density at radius 3 is 2.48 bits per heavy atom. The molecule has 1 aromatic carbocycles. The van der Waals surface area contributed by atoms with Crippen molar-refractivity contribution < 1.29 is 17.6 Å². The quantitative estimate of drug-likeness (QED) is 0.647. The molecule has 3 rings (SSSR count). The van der Waals surface area contributed by atoms with Gasteiger partial charge in [-0.1, -0.05) is 17.7 Å². The smallest absolute Gasteiger partial charge is 0.418 e. The van der Waals surface area contributed by atoms with Crippen molar-refractivity contribution in [2.24, 2.45) is 0 Å². The second kappa shape index (κ2) is 4.36. The monoisotopic (exact) mass is 315 g/mol. The molecule has 0 bridgehead atoms. The Kier molecular flexibility index (Phi) is 2.84. The average molecular weight is 316 g/mol. The first-order chi connectivity index (χ1) is 9.77. The molecule has 1 N–H and O–H groups in total. The molecule has 3 aromatic rings. The van der Waals surface area contributed by atoms with E-state index in [9.17, 15) is 22.8 Å². The summed E-state index contributed by atoms with van der Waals surface area (Å²) < 4.78 is 42.3. The standard InChI is InChI=1S/C13H5ClF3NO3/c14-5-1-2-6-7-4-9(13(15,16)17)21-12(20)10(7)11(19)18-8(6)3-5/h1-4H,(H,18,19). The van der Waals surface area contributed by atoms with Crippen molar-refractivity contribution in [1.82, 2.24) is 4.98 Å². The fourth-order valence-corrected chi connectivity index (χ4v) is 2.27. The van der Waals surface area contributed by atoms with E-state index in [0.717, 1.165) is 0 Å². The summed E-state index contributed by atoms with van der Waals surface area (Å²) in [4.78, 5) is 25.9. The summed E-state index contributed by atoms with van der Waals surface area (Å²) in [5, 5.41) is -0.0178. The maximum atomic E-state index is 12.7. The number of hydrogen-bond acceptors (Lipinski definition) is 3. The summed E-state index contributed by atoms with van der Waals surface area (Å²) in [6, 6.07) is 4.90. The van der Waals surface area contributed by atoms with E-state index < -0.39 is 28.5 Å². The maximum Gasteiger partial charge on any atom is 0.449 e. The predicted molar refractivity (Wildman–Crippen MR) is 70.6 cm³/mol.